The van der Waals surface area contributed by atoms with Crippen molar-refractivity contribution in [1.82, 2.24) is 5.32 Å². The third-order valence-corrected chi connectivity index (χ3v) is 7.59. The zero-order valence-corrected chi connectivity index (χ0v) is 18.4. The molecule has 3 aliphatic heterocycles. The van der Waals surface area contributed by atoms with Gasteiger partial charge in [0.25, 0.3) is 0 Å². The lowest BCUT2D eigenvalue weighted by molar-refractivity contribution is 0.172. The first-order valence-corrected chi connectivity index (χ1v) is 11.9. The van der Waals surface area contributed by atoms with Gasteiger partial charge in [-0.25, -0.2) is 0 Å². The monoisotopic (exact) mass is 454 g/mol. The third kappa shape index (κ3) is 3.37. The summed E-state index contributed by atoms with van der Waals surface area (Å²) in [5.41, 5.74) is 4.32. The molecule has 2 aromatic carbocycles. The van der Waals surface area contributed by atoms with E-state index in [2.05, 4.69) is 22.3 Å². The zero-order valence-electron chi connectivity index (χ0n) is 15.3. The maximum absolute atomic E-state index is 6.57. The van der Waals surface area contributed by atoms with E-state index in [0.717, 1.165) is 61.0 Å². The second-order valence-corrected chi connectivity index (χ2v) is 9.99. The van der Waals surface area contributed by atoms with Crippen molar-refractivity contribution in [2.45, 2.75) is 18.4 Å². The van der Waals surface area contributed by atoms with Crippen molar-refractivity contribution < 1.29 is 4.74 Å². The second-order valence-electron chi connectivity index (χ2n) is 7.51. The summed E-state index contributed by atoms with van der Waals surface area (Å²) in [4.78, 5) is 2.45. The number of nitrogens with one attached hydrogen (secondary N) is 1. The molecule has 0 aromatic heterocycles. The SMILES string of the molecule is Clc1cc(Cl)c(-c2cc3c(c(N4CCSCC4)c2)OC2CCNCC32)c(Cl)c1. The Kier molecular flexibility index (Phi) is 5.35. The molecule has 2 atom stereocenters. The van der Waals surface area contributed by atoms with E-state index in [1.165, 1.54) is 11.3 Å². The number of nitrogens with zero attached hydrogens (tertiary/aromatic N) is 1. The predicted molar refractivity (Wildman–Crippen MR) is 121 cm³/mol. The molecule has 148 valence electrons. The summed E-state index contributed by atoms with van der Waals surface area (Å²) in [5.74, 6) is 3.69. The normalized spacial score (nSPS) is 23.9. The summed E-state index contributed by atoms with van der Waals surface area (Å²) in [6.07, 6.45) is 1.28. The van der Waals surface area contributed by atoms with Gasteiger partial charge in [0.1, 0.15) is 11.9 Å². The summed E-state index contributed by atoms with van der Waals surface area (Å²) >= 11 is 21.3. The van der Waals surface area contributed by atoms with Crippen LogP contribution in [0, 0.1) is 0 Å². The number of piperidine rings is 1. The topological polar surface area (TPSA) is 24.5 Å². The molecule has 0 bridgehead atoms. The number of thioether (sulfide) groups is 1. The minimum Gasteiger partial charge on any atom is -0.487 e. The van der Waals surface area contributed by atoms with Gasteiger partial charge in [0.05, 0.1) is 15.7 Å². The van der Waals surface area contributed by atoms with Crippen LogP contribution in [0.5, 0.6) is 5.75 Å². The molecule has 0 aliphatic carbocycles. The lowest BCUT2D eigenvalue weighted by Gasteiger charge is -2.30. The Balaban J connectivity index is 1.67. The molecule has 0 radical (unpaired) electrons. The van der Waals surface area contributed by atoms with E-state index in [9.17, 15) is 0 Å². The van der Waals surface area contributed by atoms with Crippen molar-refractivity contribution in [3.63, 3.8) is 0 Å². The van der Waals surface area contributed by atoms with Gasteiger partial charge in [0, 0.05) is 53.2 Å². The number of fused-ring (bicyclic) bond motifs is 3. The number of hydrogen-bond acceptors (Lipinski definition) is 4. The van der Waals surface area contributed by atoms with E-state index in [1.54, 1.807) is 12.1 Å². The first-order valence-electron chi connectivity index (χ1n) is 9.65. The number of rotatable bonds is 2. The number of ether oxygens (including phenoxy) is 1. The molecular formula is C21H21Cl3N2OS. The van der Waals surface area contributed by atoms with Crippen molar-refractivity contribution in [3.8, 4) is 16.9 Å². The average molecular weight is 456 g/mol. The number of hydrogen-bond donors (Lipinski definition) is 1. The molecule has 2 aromatic rings. The van der Waals surface area contributed by atoms with E-state index in [4.69, 9.17) is 39.5 Å². The lowest BCUT2D eigenvalue weighted by atomic mass is 9.88. The molecule has 0 spiro atoms. The molecule has 3 heterocycles. The molecule has 3 nitrogen and oxygen atoms in total. The van der Waals surface area contributed by atoms with E-state index < -0.39 is 0 Å². The van der Waals surface area contributed by atoms with Gasteiger partial charge in [-0.2, -0.15) is 11.8 Å². The Hall–Kier alpha value is -0.780. The predicted octanol–water partition coefficient (Wildman–Crippen LogP) is 5.70. The van der Waals surface area contributed by atoms with Crippen molar-refractivity contribution in [2.24, 2.45) is 0 Å². The average Bonchev–Trinajstić information content (AvgIpc) is 3.06. The third-order valence-electron chi connectivity index (χ3n) is 5.83. The van der Waals surface area contributed by atoms with Crippen LogP contribution in [0.15, 0.2) is 24.3 Å². The highest BCUT2D eigenvalue weighted by Crippen LogP contribution is 2.50. The minimum absolute atomic E-state index is 0.251. The Morgan fingerprint density at radius 3 is 2.54 bits per heavy atom. The maximum atomic E-state index is 6.57. The highest BCUT2D eigenvalue weighted by Gasteiger charge is 2.39. The fourth-order valence-corrected chi connectivity index (χ4v) is 6.42. The van der Waals surface area contributed by atoms with E-state index in [0.29, 0.717) is 21.0 Å². The van der Waals surface area contributed by atoms with Gasteiger partial charge in [-0.1, -0.05) is 34.8 Å². The van der Waals surface area contributed by atoms with Crippen LogP contribution in [0.25, 0.3) is 11.1 Å². The standard InChI is InChI=1S/C21H21Cl3N2OS/c22-13-9-16(23)20(17(24)10-13)12-7-14-15-11-25-2-1-19(15)27-21(14)18(8-12)26-3-5-28-6-4-26/h7-10,15,19,25H,1-6,11H2. The van der Waals surface area contributed by atoms with Crippen LogP contribution in [0.1, 0.15) is 17.9 Å². The van der Waals surface area contributed by atoms with E-state index in [-0.39, 0.29) is 6.10 Å². The van der Waals surface area contributed by atoms with Crippen LogP contribution in [0.2, 0.25) is 15.1 Å². The van der Waals surface area contributed by atoms with Gasteiger partial charge in [-0.3, -0.25) is 0 Å². The highest BCUT2D eigenvalue weighted by molar-refractivity contribution is 7.99. The Morgan fingerprint density at radius 1 is 1.04 bits per heavy atom. The van der Waals surface area contributed by atoms with Crippen LogP contribution < -0.4 is 15.0 Å². The summed E-state index contributed by atoms with van der Waals surface area (Å²) in [5, 5.41) is 5.23. The Morgan fingerprint density at radius 2 is 1.79 bits per heavy atom. The molecule has 1 N–H and O–H groups in total. The van der Waals surface area contributed by atoms with Crippen LogP contribution in [-0.4, -0.2) is 43.8 Å². The van der Waals surface area contributed by atoms with Gasteiger partial charge in [0.15, 0.2) is 0 Å². The quantitative estimate of drug-likeness (QED) is 0.627. The molecule has 2 unspecified atom stereocenters. The van der Waals surface area contributed by atoms with Gasteiger partial charge in [0.2, 0.25) is 0 Å². The molecule has 0 amide bonds. The fourth-order valence-electron chi connectivity index (χ4n) is 4.48. The van der Waals surface area contributed by atoms with Crippen LogP contribution >= 0.6 is 46.6 Å². The highest BCUT2D eigenvalue weighted by atomic mass is 35.5. The smallest absolute Gasteiger partial charge is 0.146 e. The van der Waals surface area contributed by atoms with Gasteiger partial charge in [-0.05, 0) is 42.8 Å². The molecule has 5 rings (SSSR count). The Labute approximate surface area is 184 Å². The molecule has 28 heavy (non-hydrogen) atoms. The van der Waals surface area contributed by atoms with Crippen molar-refractivity contribution in [1.29, 1.82) is 0 Å². The first-order chi connectivity index (χ1) is 13.6. The molecular weight excluding hydrogens is 435 g/mol. The molecule has 3 aliphatic rings. The van der Waals surface area contributed by atoms with Crippen molar-refractivity contribution in [3.05, 3.63) is 44.9 Å². The van der Waals surface area contributed by atoms with Crippen molar-refractivity contribution >= 4 is 52.3 Å². The summed E-state index contributed by atoms with van der Waals surface area (Å²) < 4.78 is 6.49. The largest absolute Gasteiger partial charge is 0.487 e. The number of halogens is 3. The van der Waals surface area contributed by atoms with E-state index >= 15 is 0 Å². The summed E-state index contributed by atoms with van der Waals surface area (Å²) in [6.45, 7) is 4.00. The molecule has 0 saturated carbocycles. The molecule has 2 saturated heterocycles. The zero-order chi connectivity index (χ0) is 19.3. The maximum Gasteiger partial charge on any atom is 0.146 e. The molecule has 7 heteroatoms. The van der Waals surface area contributed by atoms with Crippen LogP contribution in [0.3, 0.4) is 0 Å². The Bertz CT molecular complexity index is 894. The van der Waals surface area contributed by atoms with Gasteiger partial charge in [-0.15, -0.1) is 0 Å². The van der Waals surface area contributed by atoms with Crippen LogP contribution in [-0.2, 0) is 0 Å². The molecule has 2 fully saturated rings. The van der Waals surface area contributed by atoms with Gasteiger partial charge >= 0.3 is 0 Å². The second kappa shape index (κ2) is 7.81. The van der Waals surface area contributed by atoms with E-state index in [1.807, 2.05) is 11.8 Å². The minimum atomic E-state index is 0.251. The number of anilines is 1. The summed E-state index contributed by atoms with van der Waals surface area (Å²) in [7, 11) is 0. The van der Waals surface area contributed by atoms with Crippen LogP contribution in [0.4, 0.5) is 5.69 Å². The van der Waals surface area contributed by atoms with Gasteiger partial charge < -0.3 is 15.0 Å². The first kappa shape index (κ1) is 19.2. The van der Waals surface area contributed by atoms with Crippen molar-refractivity contribution in [2.75, 3.05) is 42.6 Å². The fraction of sp³-hybridized carbons (Fsp3) is 0.429. The lowest BCUT2D eigenvalue weighted by Crippen LogP contribution is -2.37. The summed E-state index contributed by atoms with van der Waals surface area (Å²) in [6, 6.07) is 7.93. The number of benzene rings is 2.